The monoisotopic (exact) mass is 206 g/mol. The molecule has 0 saturated heterocycles. The van der Waals surface area contributed by atoms with Gasteiger partial charge in [0.2, 0.25) is 0 Å². The highest BCUT2D eigenvalue weighted by atomic mass is 16.7. The Bertz CT molecular complexity index is 214. The molecule has 0 heterocycles. The SMILES string of the molecule is O=C(CCO)C(=CCCO)C(O)(O)O. The van der Waals surface area contributed by atoms with Crippen LogP contribution in [0.15, 0.2) is 11.6 Å². The van der Waals surface area contributed by atoms with E-state index in [-0.39, 0.29) is 19.4 Å². The summed E-state index contributed by atoms with van der Waals surface area (Å²) in [5.41, 5.74) is -0.638. The molecule has 6 heteroatoms. The molecular formula is C8H14O6. The molecule has 0 aliphatic carbocycles. The van der Waals surface area contributed by atoms with E-state index >= 15 is 0 Å². The highest BCUT2D eigenvalue weighted by Gasteiger charge is 2.30. The second kappa shape index (κ2) is 5.84. The third-order valence-corrected chi connectivity index (χ3v) is 1.48. The van der Waals surface area contributed by atoms with Crippen molar-refractivity contribution in [1.29, 1.82) is 0 Å². The highest BCUT2D eigenvalue weighted by molar-refractivity contribution is 5.96. The molecule has 0 rings (SSSR count). The first-order valence-corrected chi connectivity index (χ1v) is 4.06. The molecule has 0 aliphatic heterocycles. The van der Waals surface area contributed by atoms with E-state index < -0.39 is 23.9 Å². The fraction of sp³-hybridized carbons (Fsp3) is 0.625. The van der Waals surface area contributed by atoms with Crippen molar-refractivity contribution in [2.24, 2.45) is 0 Å². The third-order valence-electron chi connectivity index (χ3n) is 1.48. The van der Waals surface area contributed by atoms with Gasteiger partial charge in [-0.1, -0.05) is 6.08 Å². The summed E-state index contributed by atoms with van der Waals surface area (Å²) < 4.78 is 0. The molecule has 0 radical (unpaired) electrons. The zero-order chi connectivity index (χ0) is 11.2. The molecule has 5 N–H and O–H groups in total. The zero-order valence-corrected chi connectivity index (χ0v) is 7.55. The number of hydrogen-bond acceptors (Lipinski definition) is 6. The Labute approximate surface area is 80.7 Å². The van der Waals surface area contributed by atoms with Crippen LogP contribution in [0.2, 0.25) is 0 Å². The van der Waals surface area contributed by atoms with Crippen LogP contribution in [0.25, 0.3) is 0 Å². The van der Waals surface area contributed by atoms with Gasteiger partial charge in [0.1, 0.15) is 0 Å². The Morgan fingerprint density at radius 3 is 2.07 bits per heavy atom. The first kappa shape index (κ1) is 13.2. The van der Waals surface area contributed by atoms with Crippen LogP contribution in [0.5, 0.6) is 0 Å². The molecule has 0 fully saturated rings. The van der Waals surface area contributed by atoms with Gasteiger partial charge in [0, 0.05) is 13.0 Å². The standard InChI is InChI=1S/C8H14O6/c9-4-1-2-6(8(12,13)14)7(11)3-5-10/h2,9-10,12-14H,1,3-5H2. The molecule has 0 bridgehead atoms. The molecule has 14 heavy (non-hydrogen) atoms. The predicted molar refractivity (Wildman–Crippen MR) is 45.9 cm³/mol. The maximum absolute atomic E-state index is 11.1. The molecule has 0 unspecified atom stereocenters. The second-order valence-electron chi connectivity index (χ2n) is 2.66. The van der Waals surface area contributed by atoms with Crippen LogP contribution >= 0.6 is 0 Å². The lowest BCUT2D eigenvalue weighted by Gasteiger charge is -2.16. The Morgan fingerprint density at radius 2 is 1.71 bits per heavy atom. The van der Waals surface area contributed by atoms with Gasteiger partial charge in [-0.25, -0.2) is 0 Å². The van der Waals surface area contributed by atoms with Crippen molar-refractivity contribution in [2.75, 3.05) is 13.2 Å². The number of Topliss-reactive ketones (excluding diaryl/α,β-unsaturated/α-hetero) is 1. The molecule has 0 saturated carbocycles. The van der Waals surface area contributed by atoms with Crippen molar-refractivity contribution in [2.45, 2.75) is 18.8 Å². The van der Waals surface area contributed by atoms with Gasteiger partial charge in [-0.05, 0) is 6.42 Å². The Balaban J connectivity index is 4.64. The summed E-state index contributed by atoms with van der Waals surface area (Å²) in [6.07, 6.45) is 0.703. The number of rotatable bonds is 6. The highest BCUT2D eigenvalue weighted by Crippen LogP contribution is 2.13. The molecule has 0 atom stereocenters. The summed E-state index contributed by atoms with van der Waals surface area (Å²) in [5, 5.41) is 43.2. The van der Waals surface area contributed by atoms with Crippen molar-refractivity contribution < 1.29 is 30.3 Å². The molecule has 0 aromatic carbocycles. The first-order valence-electron chi connectivity index (χ1n) is 4.06. The van der Waals surface area contributed by atoms with E-state index in [0.29, 0.717) is 0 Å². The normalized spacial score (nSPS) is 13.1. The zero-order valence-electron chi connectivity index (χ0n) is 7.55. The minimum atomic E-state index is -3.22. The summed E-state index contributed by atoms with van der Waals surface area (Å²) in [4.78, 5) is 11.1. The van der Waals surface area contributed by atoms with Crippen LogP contribution in [0.4, 0.5) is 0 Å². The van der Waals surface area contributed by atoms with Crippen molar-refractivity contribution in [3.05, 3.63) is 11.6 Å². The van der Waals surface area contributed by atoms with Crippen molar-refractivity contribution >= 4 is 5.78 Å². The van der Waals surface area contributed by atoms with E-state index in [1.165, 1.54) is 0 Å². The van der Waals surface area contributed by atoms with E-state index in [1.54, 1.807) is 0 Å². The van der Waals surface area contributed by atoms with E-state index in [1.807, 2.05) is 0 Å². The second-order valence-corrected chi connectivity index (χ2v) is 2.66. The number of hydrogen-bond donors (Lipinski definition) is 5. The number of ketones is 1. The summed E-state index contributed by atoms with van der Waals surface area (Å²) in [6.45, 7) is -0.739. The lowest BCUT2D eigenvalue weighted by Crippen LogP contribution is -2.34. The van der Waals surface area contributed by atoms with Gasteiger partial charge in [0.05, 0.1) is 12.2 Å². The van der Waals surface area contributed by atoms with Gasteiger partial charge in [-0.3, -0.25) is 4.79 Å². The largest absolute Gasteiger partial charge is 0.396 e. The van der Waals surface area contributed by atoms with Crippen LogP contribution in [-0.4, -0.2) is 50.5 Å². The van der Waals surface area contributed by atoms with Crippen LogP contribution in [-0.2, 0) is 4.79 Å². The number of aliphatic hydroxyl groups excluding tert-OH is 2. The van der Waals surface area contributed by atoms with Gasteiger partial charge in [0.25, 0.3) is 0 Å². The molecular weight excluding hydrogens is 192 g/mol. The molecule has 0 amide bonds. The van der Waals surface area contributed by atoms with E-state index in [4.69, 9.17) is 25.5 Å². The third kappa shape index (κ3) is 4.45. The van der Waals surface area contributed by atoms with Crippen molar-refractivity contribution in [1.82, 2.24) is 0 Å². The fourth-order valence-corrected chi connectivity index (χ4v) is 0.883. The molecule has 82 valence electrons. The average Bonchev–Trinajstić information content (AvgIpc) is 2.03. The smallest absolute Gasteiger partial charge is 0.307 e. The van der Waals surface area contributed by atoms with Crippen LogP contribution in [0.1, 0.15) is 12.8 Å². The van der Waals surface area contributed by atoms with Crippen LogP contribution in [0, 0.1) is 0 Å². The summed E-state index contributed by atoms with van der Waals surface area (Å²) >= 11 is 0. The van der Waals surface area contributed by atoms with E-state index in [0.717, 1.165) is 6.08 Å². The topological polar surface area (TPSA) is 118 Å². The Morgan fingerprint density at radius 1 is 1.14 bits per heavy atom. The summed E-state index contributed by atoms with van der Waals surface area (Å²) in [5.74, 6) is -4.00. The van der Waals surface area contributed by atoms with Gasteiger partial charge in [0.15, 0.2) is 5.78 Å². The number of carbonyl (C=O) groups is 1. The summed E-state index contributed by atoms with van der Waals surface area (Å²) in [7, 11) is 0. The quantitative estimate of drug-likeness (QED) is 0.250. The number of carbonyl (C=O) groups excluding carboxylic acids is 1. The molecule has 0 aliphatic rings. The number of aliphatic hydroxyl groups is 5. The van der Waals surface area contributed by atoms with Crippen LogP contribution in [0.3, 0.4) is 0 Å². The summed E-state index contributed by atoms with van der Waals surface area (Å²) in [6, 6.07) is 0. The fourth-order valence-electron chi connectivity index (χ4n) is 0.883. The van der Waals surface area contributed by atoms with E-state index in [9.17, 15) is 4.79 Å². The first-order chi connectivity index (χ1) is 6.43. The molecule has 0 spiro atoms. The Kier molecular flexibility index (Phi) is 5.51. The van der Waals surface area contributed by atoms with Crippen molar-refractivity contribution in [3.8, 4) is 0 Å². The molecule has 0 aromatic rings. The predicted octanol–water partition coefficient (Wildman–Crippen LogP) is -2.12. The molecule has 0 aromatic heterocycles. The van der Waals surface area contributed by atoms with E-state index in [2.05, 4.69) is 0 Å². The van der Waals surface area contributed by atoms with Gasteiger partial charge >= 0.3 is 5.97 Å². The van der Waals surface area contributed by atoms with Crippen molar-refractivity contribution in [3.63, 3.8) is 0 Å². The Hall–Kier alpha value is -0.790. The minimum absolute atomic E-state index is 0.00985. The maximum Gasteiger partial charge on any atom is 0.307 e. The maximum atomic E-state index is 11.1. The van der Waals surface area contributed by atoms with Gasteiger partial charge in [-0.15, -0.1) is 0 Å². The average molecular weight is 206 g/mol. The minimum Gasteiger partial charge on any atom is -0.396 e. The van der Waals surface area contributed by atoms with Crippen LogP contribution < -0.4 is 0 Å². The van der Waals surface area contributed by atoms with Gasteiger partial charge < -0.3 is 25.5 Å². The lowest BCUT2D eigenvalue weighted by molar-refractivity contribution is -0.280. The van der Waals surface area contributed by atoms with Gasteiger partial charge in [-0.2, -0.15) is 0 Å². The lowest BCUT2D eigenvalue weighted by atomic mass is 10.1. The molecule has 6 nitrogen and oxygen atoms in total.